The fourth-order valence-corrected chi connectivity index (χ4v) is 5.13. The molecule has 3 aromatic carbocycles. The second-order valence-electron chi connectivity index (χ2n) is 12.4. The van der Waals surface area contributed by atoms with Gasteiger partial charge in [-0.25, -0.2) is 9.78 Å². The van der Waals surface area contributed by atoms with Crippen molar-refractivity contribution in [1.29, 1.82) is 0 Å². The number of fused-ring (bicyclic) bond motifs is 1. The first kappa shape index (κ1) is 35.4. The van der Waals surface area contributed by atoms with Crippen LogP contribution in [0.1, 0.15) is 57.2 Å². The second kappa shape index (κ2) is 15.9. The summed E-state index contributed by atoms with van der Waals surface area (Å²) in [6.07, 6.45) is 1.28. The number of phenolic OH excluding ortho intramolecular Hbond substituents is 1. The topological polar surface area (TPSA) is 147 Å². The van der Waals surface area contributed by atoms with E-state index in [1.807, 2.05) is 67.6 Å². The van der Waals surface area contributed by atoms with Crippen LogP contribution in [-0.2, 0) is 23.9 Å². The average molecular weight is 655 g/mol. The number of aromatic hydroxyl groups is 1. The minimum absolute atomic E-state index is 0.0530. The highest BCUT2D eigenvalue weighted by Crippen LogP contribution is 2.34. The largest absolute Gasteiger partial charge is 0.507 e. The Kier molecular flexibility index (Phi) is 11.7. The number of nitrogens with zero attached hydrogens (tertiary/aromatic N) is 2. The van der Waals surface area contributed by atoms with Gasteiger partial charge in [-0.3, -0.25) is 19.3 Å². The number of amides is 3. The monoisotopic (exact) mass is 654 g/mol. The molecule has 0 fully saturated rings. The van der Waals surface area contributed by atoms with Crippen molar-refractivity contribution in [2.24, 2.45) is 0 Å². The van der Waals surface area contributed by atoms with Crippen molar-refractivity contribution < 1.29 is 33.8 Å². The lowest BCUT2D eigenvalue weighted by Crippen LogP contribution is -2.40. The number of nitrogens with one attached hydrogen (secondary N) is 2. The summed E-state index contributed by atoms with van der Waals surface area (Å²) in [6.45, 7) is 7.09. The van der Waals surface area contributed by atoms with E-state index in [0.717, 1.165) is 27.5 Å². The lowest BCUT2D eigenvalue weighted by atomic mass is 9.95. The van der Waals surface area contributed by atoms with Crippen LogP contribution in [0.4, 0.5) is 10.6 Å². The first-order valence-corrected chi connectivity index (χ1v) is 15.7. The number of ether oxygens (including phenoxy) is 2. The zero-order valence-corrected chi connectivity index (χ0v) is 27.9. The Morgan fingerprint density at radius 1 is 0.938 bits per heavy atom. The van der Waals surface area contributed by atoms with Gasteiger partial charge in [0.2, 0.25) is 11.8 Å². The maximum atomic E-state index is 12.9. The molecule has 252 valence electrons. The van der Waals surface area contributed by atoms with Gasteiger partial charge in [0, 0.05) is 24.5 Å². The molecule has 1 heterocycles. The molecule has 0 spiro atoms. The molecule has 0 saturated heterocycles. The van der Waals surface area contributed by atoms with Gasteiger partial charge in [-0.05, 0) is 80.0 Å². The number of anilines is 1. The summed E-state index contributed by atoms with van der Waals surface area (Å²) in [7, 11) is 1.28. The van der Waals surface area contributed by atoms with Crippen LogP contribution in [-0.4, -0.2) is 59.8 Å². The van der Waals surface area contributed by atoms with Crippen molar-refractivity contribution in [2.75, 3.05) is 25.1 Å². The number of esters is 1. The molecule has 4 aromatic rings. The zero-order valence-electron chi connectivity index (χ0n) is 27.9. The fourth-order valence-electron chi connectivity index (χ4n) is 5.13. The van der Waals surface area contributed by atoms with Crippen LogP contribution in [0.2, 0.25) is 0 Å². The van der Waals surface area contributed by atoms with E-state index in [2.05, 4.69) is 15.6 Å². The van der Waals surface area contributed by atoms with E-state index in [0.29, 0.717) is 17.8 Å². The Morgan fingerprint density at radius 2 is 1.65 bits per heavy atom. The summed E-state index contributed by atoms with van der Waals surface area (Å²) in [5.41, 5.74) is 2.72. The summed E-state index contributed by atoms with van der Waals surface area (Å²) in [5.74, 6) is -0.742. The molecular formula is C37H42N4O7. The van der Waals surface area contributed by atoms with Gasteiger partial charge in [-0.15, -0.1) is 0 Å². The number of methoxy groups -OCH3 is 1. The SMILES string of the molecule is COC(=O)C[C@@H](NC(=O)CNC(=O)CCCN(C(=O)OC(C)(C)C)c1cc(C)ccn1)c1ccc(-c2ccc(O)c3ccccc23)cc1. The third-order valence-electron chi connectivity index (χ3n) is 7.48. The maximum Gasteiger partial charge on any atom is 0.416 e. The van der Waals surface area contributed by atoms with Crippen molar-refractivity contribution in [2.45, 2.75) is 58.6 Å². The number of phenols is 1. The number of aryl methyl sites for hydroxylation is 1. The van der Waals surface area contributed by atoms with E-state index in [1.54, 1.807) is 39.1 Å². The summed E-state index contributed by atoms with van der Waals surface area (Å²) in [4.78, 5) is 56.4. The van der Waals surface area contributed by atoms with Crippen LogP contribution in [0.15, 0.2) is 79.0 Å². The highest BCUT2D eigenvalue weighted by Gasteiger charge is 2.25. The van der Waals surface area contributed by atoms with Crippen LogP contribution in [0.3, 0.4) is 0 Å². The number of benzene rings is 3. The number of carbonyl (C=O) groups excluding carboxylic acids is 4. The van der Waals surface area contributed by atoms with Gasteiger partial charge in [-0.2, -0.15) is 0 Å². The molecule has 0 aliphatic rings. The number of rotatable bonds is 12. The minimum Gasteiger partial charge on any atom is -0.507 e. The van der Waals surface area contributed by atoms with Gasteiger partial charge in [0.1, 0.15) is 17.2 Å². The molecule has 11 nitrogen and oxygen atoms in total. The molecule has 3 amide bonds. The molecule has 1 aromatic heterocycles. The first-order chi connectivity index (χ1) is 22.8. The third kappa shape index (κ3) is 9.78. The van der Waals surface area contributed by atoms with Crippen molar-refractivity contribution in [3.8, 4) is 16.9 Å². The normalized spacial score (nSPS) is 11.8. The fraction of sp³-hybridized carbons (Fsp3) is 0.324. The number of hydrogen-bond acceptors (Lipinski definition) is 8. The molecule has 1 atom stereocenters. The van der Waals surface area contributed by atoms with E-state index in [9.17, 15) is 24.3 Å². The molecule has 0 aliphatic heterocycles. The molecule has 0 aliphatic carbocycles. The number of pyridine rings is 1. The van der Waals surface area contributed by atoms with Gasteiger partial charge in [0.25, 0.3) is 0 Å². The van der Waals surface area contributed by atoms with E-state index in [-0.39, 0.29) is 37.6 Å². The predicted molar refractivity (Wildman–Crippen MR) is 183 cm³/mol. The molecule has 0 radical (unpaired) electrons. The molecular weight excluding hydrogens is 612 g/mol. The zero-order chi connectivity index (χ0) is 34.8. The lowest BCUT2D eigenvalue weighted by Gasteiger charge is -2.27. The van der Waals surface area contributed by atoms with Gasteiger partial charge in [0.05, 0.1) is 26.1 Å². The van der Waals surface area contributed by atoms with Gasteiger partial charge < -0.3 is 25.2 Å². The molecule has 11 heteroatoms. The van der Waals surface area contributed by atoms with E-state index < -0.39 is 29.6 Å². The van der Waals surface area contributed by atoms with Crippen LogP contribution in [0.5, 0.6) is 5.75 Å². The maximum absolute atomic E-state index is 12.9. The van der Waals surface area contributed by atoms with Gasteiger partial charge in [-0.1, -0.05) is 54.6 Å². The Labute approximate surface area is 280 Å². The Morgan fingerprint density at radius 3 is 2.31 bits per heavy atom. The molecule has 0 bridgehead atoms. The van der Waals surface area contributed by atoms with Crippen LogP contribution >= 0.6 is 0 Å². The molecule has 4 rings (SSSR count). The van der Waals surface area contributed by atoms with Crippen molar-refractivity contribution in [3.05, 3.63) is 90.1 Å². The quantitative estimate of drug-likeness (QED) is 0.158. The summed E-state index contributed by atoms with van der Waals surface area (Å²) >= 11 is 0. The summed E-state index contributed by atoms with van der Waals surface area (Å²) in [6, 6.07) is 21.4. The summed E-state index contributed by atoms with van der Waals surface area (Å²) in [5, 5.41) is 17.3. The highest BCUT2D eigenvalue weighted by molar-refractivity contribution is 6.00. The first-order valence-electron chi connectivity index (χ1n) is 15.7. The van der Waals surface area contributed by atoms with Crippen molar-refractivity contribution in [3.63, 3.8) is 0 Å². The Bertz CT molecular complexity index is 1770. The Hall–Kier alpha value is -5.45. The summed E-state index contributed by atoms with van der Waals surface area (Å²) < 4.78 is 10.4. The lowest BCUT2D eigenvalue weighted by molar-refractivity contribution is -0.141. The van der Waals surface area contributed by atoms with Crippen LogP contribution in [0, 0.1) is 6.92 Å². The molecule has 0 saturated carbocycles. The van der Waals surface area contributed by atoms with E-state index >= 15 is 0 Å². The standard InChI is InChI=1S/C37H42N4O7/c1-24-18-19-38-32(21-24)41(36(46)48-37(2,3)4)20-8-11-33(43)39-23-34(44)40-30(22-35(45)47-5)26-14-12-25(13-15-26)27-16-17-31(42)29-10-7-6-9-28(27)29/h6-7,9-10,12-19,21,30,42H,8,11,20,22-23H2,1-5H3,(H,39,43)(H,40,44)/t30-/m1/s1. The predicted octanol–water partition coefficient (Wildman–Crippen LogP) is 5.97. The number of aromatic nitrogens is 1. The molecule has 48 heavy (non-hydrogen) atoms. The van der Waals surface area contributed by atoms with E-state index in [4.69, 9.17) is 9.47 Å². The van der Waals surface area contributed by atoms with Crippen LogP contribution in [0.25, 0.3) is 21.9 Å². The highest BCUT2D eigenvalue weighted by atomic mass is 16.6. The average Bonchev–Trinajstić information content (AvgIpc) is 3.05. The molecule has 3 N–H and O–H groups in total. The third-order valence-corrected chi connectivity index (χ3v) is 7.48. The minimum atomic E-state index is -0.709. The smallest absolute Gasteiger partial charge is 0.416 e. The Balaban J connectivity index is 1.36. The van der Waals surface area contributed by atoms with Crippen molar-refractivity contribution in [1.82, 2.24) is 15.6 Å². The number of carbonyl (C=O) groups is 4. The van der Waals surface area contributed by atoms with Gasteiger partial charge >= 0.3 is 12.1 Å². The van der Waals surface area contributed by atoms with Gasteiger partial charge in [0.15, 0.2) is 0 Å². The second-order valence-corrected chi connectivity index (χ2v) is 12.4. The van der Waals surface area contributed by atoms with Crippen molar-refractivity contribution >= 4 is 40.5 Å². The van der Waals surface area contributed by atoms with E-state index in [1.165, 1.54) is 12.0 Å². The number of hydrogen-bond donors (Lipinski definition) is 3. The van der Waals surface area contributed by atoms with Crippen LogP contribution < -0.4 is 15.5 Å². The molecule has 0 unspecified atom stereocenters.